The summed E-state index contributed by atoms with van der Waals surface area (Å²) >= 11 is 0. The molecule has 1 N–H and O–H groups in total. The van der Waals surface area contributed by atoms with Crippen LogP contribution in [-0.2, 0) is 9.59 Å². The predicted molar refractivity (Wildman–Crippen MR) is 86.3 cm³/mol. The number of hydrazone groups is 1. The lowest BCUT2D eigenvalue weighted by Gasteiger charge is -2.13. The number of rotatable bonds is 6. The molecule has 136 valence electrons. The summed E-state index contributed by atoms with van der Waals surface area (Å²) in [6, 6.07) is 2.48. The highest BCUT2D eigenvalue weighted by molar-refractivity contribution is 6.05. The van der Waals surface area contributed by atoms with Gasteiger partial charge in [-0.1, -0.05) is 0 Å². The molecular formula is C14H13N5O7. The fourth-order valence-corrected chi connectivity index (χ4v) is 2.21. The molecular weight excluding hydrogens is 350 g/mol. The van der Waals surface area contributed by atoms with E-state index < -0.39 is 27.1 Å². The number of nitro groups is 2. The quantitative estimate of drug-likeness (QED) is 0.337. The smallest absolute Gasteiger partial charge is 0.277 e. The van der Waals surface area contributed by atoms with Crippen molar-refractivity contribution in [3.8, 4) is 0 Å². The van der Waals surface area contributed by atoms with E-state index in [1.165, 1.54) is 6.92 Å². The molecule has 0 aliphatic carbocycles. The lowest BCUT2D eigenvalue weighted by molar-refractivity contribution is -0.394. The average molecular weight is 363 g/mol. The van der Waals surface area contributed by atoms with Gasteiger partial charge in [0.05, 0.1) is 33.7 Å². The Kier molecular flexibility index (Phi) is 5.35. The maximum Gasteiger partial charge on any atom is 0.277 e. The van der Waals surface area contributed by atoms with Gasteiger partial charge in [0.25, 0.3) is 17.3 Å². The van der Waals surface area contributed by atoms with Gasteiger partial charge in [-0.15, -0.1) is 0 Å². The van der Waals surface area contributed by atoms with E-state index >= 15 is 0 Å². The molecule has 1 aliphatic rings. The summed E-state index contributed by atoms with van der Waals surface area (Å²) in [4.78, 5) is 56.0. The van der Waals surface area contributed by atoms with E-state index in [0.717, 1.165) is 23.1 Å². The average Bonchev–Trinajstić information content (AvgIpc) is 2.91. The summed E-state index contributed by atoms with van der Waals surface area (Å²) in [6.45, 7) is 1.36. The van der Waals surface area contributed by atoms with E-state index in [1.807, 2.05) is 0 Å². The van der Waals surface area contributed by atoms with Crippen LogP contribution in [0.3, 0.4) is 0 Å². The molecule has 0 aromatic heterocycles. The van der Waals surface area contributed by atoms with E-state index in [9.17, 15) is 34.6 Å². The summed E-state index contributed by atoms with van der Waals surface area (Å²) in [5, 5.41) is 25.4. The second-order valence-corrected chi connectivity index (χ2v) is 5.41. The largest absolute Gasteiger partial charge is 0.277 e. The molecule has 1 saturated heterocycles. The van der Waals surface area contributed by atoms with E-state index in [1.54, 1.807) is 0 Å². The van der Waals surface area contributed by atoms with Crippen LogP contribution in [0.4, 0.5) is 11.4 Å². The minimum atomic E-state index is -0.907. The first-order valence-corrected chi connectivity index (χ1v) is 7.29. The Morgan fingerprint density at radius 2 is 1.62 bits per heavy atom. The van der Waals surface area contributed by atoms with Crippen LogP contribution in [0.1, 0.15) is 30.1 Å². The number of likely N-dealkylation sites (tertiary alicyclic amines) is 1. The molecule has 0 bridgehead atoms. The highest BCUT2D eigenvalue weighted by Gasteiger charge is 2.29. The topological polar surface area (TPSA) is 165 Å². The van der Waals surface area contributed by atoms with Crippen LogP contribution < -0.4 is 5.43 Å². The molecule has 2 rings (SSSR count). The van der Waals surface area contributed by atoms with E-state index in [4.69, 9.17) is 0 Å². The van der Waals surface area contributed by atoms with Crippen LogP contribution in [-0.4, -0.2) is 44.7 Å². The number of carbonyl (C=O) groups excluding carboxylic acids is 3. The molecule has 0 atom stereocenters. The first-order valence-electron chi connectivity index (χ1n) is 7.29. The van der Waals surface area contributed by atoms with Crippen LogP contribution in [0.2, 0.25) is 0 Å². The zero-order chi connectivity index (χ0) is 19.4. The monoisotopic (exact) mass is 363 g/mol. The number of imide groups is 1. The third-order valence-electron chi connectivity index (χ3n) is 3.48. The van der Waals surface area contributed by atoms with Gasteiger partial charge < -0.3 is 0 Å². The van der Waals surface area contributed by atoms with Crippen molar-refractivity contribution in [3.05, 3.63) is 44.0 Å². The van der Waals surface area contributed by atoms with Crippen molar-refractivity contribution in [3.63, 3.8) is 0 Å². The van der Waals surface area contributed by atoms with Crippen LogP contribution in [0.15, 0.2) is 23.3 Å². The summed E-state index contributed by atoms with van der Waals surface area (Å²) in [5.41, 5.74) is 0.778. The van der Waals surface area contributed by atoms with Crippen LogP contribution in [0.25, 0.3) is 0 Å². The molecule has 1 heterocycles. The molecule has 0 spiro atoms. The SMILES string of the molecule is C/C(CN1C(=O)CCC1=O)=N\NC(=O)c1cc([N+](=O)[O-])cc([N+](=O)[O-])c1. The van der Waals surface area contributed by atoms with E-state index in [-0.39, 0.29) is 42.5 Å². The summed E-state index contributed by atoms with van der Waals surface area (Å²) in [7, 11) is 0. The van der Waals surface area contributed by atoms with Gasteiger partial charge >= 0.3 is 0 Å². The standard InChI is InChI=1S/C14H13N5O7/c1-8(7-17-12(20)2-3-13(17)21)15-16-14(22)9-4-10(18(23)24)6-11(5-9)19(25)26/h4-6H,2-3,7H2,1H3,(H,16,22)/b15-8+. The van der Waals surface area contributed by atoms with Crippen molar-refractivity contribution in [2.45, 2.75) is 19.8 Å². The molecule has 1 fully saturated rings. The third-order valence-corrected chi connectivity index (χ3v) is 3.48. The molecule has 1 aromatic rings. The molecule has 0 radical (unpaired) electrons. The number of nitrogens with zero attached hydrogens (tertiary/aromatic N) is 4. The molecule has 1 aromatic carbocycles. The zero-order valence-corrected chi connectivity index (χ0v) is 13.5. The van der Waals surface area contributed by atoms with Crippen LogP contribution in [0, 0.1) is 20.2 Å². The maximum absolute atomic E-state index is 12.1. The number of amides is 3. The number of nitro benzene ring substituents is 2. The van der Waals surface area contributed by atoms with Gasteiger partial charge in [-0.3, -0.25) is 39.5 Å². The van der Waals surface area contributed by atoms with Crippen molar-refractivity contribution >= 4 is 34.8 Å². The second-order valence-electron chi connectivity index (χ2n) is 5.41. The highest BCUT2D eigenvalue weighted by atomic mass is 16.6. The van der Waals surface area contributed by atoms with Crippen molar-refractivity contribution in [2.75, 3.05) is 6.54 Å². The minimum Gasteiger partial charge on any atom is -0.277 e. The highest BCUT2D eigenvalue weighted by Crippen LogP contribution is 2.22. The van der Waals surface area contributed by atoms with Gasteiger partial charge in [-0.25, -0.2) is 5.43 Å². The van der Waals surface area contributed by atoms with Crippen LogP contribution in [0.5, 0.6) is 0 Å². The van der Waals surface area contributed by atoms with E-state index in [2.05, 4.69) is 10.5 Å². The summed E-state index contributed by atoms with van der Waals surface area (Å²) in [5.74, 6) is -1.59. The summed E-state index contributed by atoms with van der Waals surface area (Å²) < 4.78 is 0. The zero-order valence-electron chi connectivity index (χ0n) is 13.5. The molecule has 12 nitrogen and oxygen atoms in total. The Balaban J connectivity index is 2.14. The number of benzene rings is 1. The lowest BCUT2D eigenvalue weighted by Crippen LogP contribution is -2.34. The molecule has 3 amide bonds. The van der Waals surface area contributed by atoms with Crippen molar-refractivity contribution in [1.29, 1.82) is 0 Å². The molecule has 12 heteroatoms. The molecule has 0 unspecified atom stereocenters. The van der Waals surface area contributed by atoms with Crippen molar-refractivity contribution in [2.24, 2.45) is 5.10 Å². The normalized spacial score (nSPS) is 14.5. The lowest BCUT2D eigenvalue weighted by atomic mass is 10.1. The number of carbonyl (C=O) groups is 3. The fraction of sp³-hybridized carbons (Fsp3) is 0.286. The van der Waals surface area contributed by atoms with E-state index in [0.29, 0.717) is 0 Å². The van der Waals surface area contributed by atoms with Crippen LogP contribution >= 0.6 is 0 Å². The first-order chi connectivity index (χ1) is 12.2. The third kappa shape index (κ3) is 4.23. The predicted octanol–water partition coefficient (Wildman–Crippen LogP) is 0.758. The van der Waals surface area contributed by atoms with Gasteiger partial charge in [0.15, 0.2) is 0 Å². The van der Waals surface area contributed by atoms with Gasteiger partial charge in [0, 0.05) is 25.0 Å². The number of hydrogen-bond acceptors (Lipinski definition) is 8. The maximum atomic E-state index is 12.1. The molecule has 0 saturated carbocycles. The Hall–Kier alpha value is -3.70. The van der Waals surface area contributed by atoms with Gasteiger partial charge in [0.2, 0.25) is 11.8 Å². The number of nitrogens with one attached hydrogen (secondary N) is 1. The van der Waals surface area contributed by atoms with Crippen molar-refractivity contribution < 1.29 is 24.2 Å². The Morgan fingerprint density at radius 3 is 2.08 bits per heavy atom. The fourth-order valence-electron chi connectivity index (χ4n) is 2.21. The van der Waals surface area contributed by atoms with Gasteiger partial charge in [0.1, 0.15) is 0 Å². The van der Waals surface area contributed by atoms with Crippen molar-refractivity contribution in [1.82, 2.24) is 10.3 Å². The number of hydrogen-bond donors (Lipinski definition) is 1. The Bertz CT molecular complexity index is 800. The molecule has 1 aliphatic heterocycles. The number of non-ortho nitro benzene ring substituents is 2. The molecule has 26 heavy (non-hydrogen) atoms. The minimum absolute atomic E-state index is 0.104. The Labute approximate surface area is 145 Å². The Morgan fingerprint density at radius 1 is 1.12 bits per heavy atom. The van der Waals surface area contributed by atoms with Gasteiger partial charge in [-0.05, 0) is 6.92 Å². The first kappa shape index (κ1) is 18.6. The summed E-state index contributed by atoms with van der Waals surface area (Å²) in [6.07, 6.45) is 0.242. The van der Waals surface area contributed by atoms with Gasteiger partial charge in [-0.2, -0.15) is 5.10 Å². The second kappa shape index (κ2) is 7.46.